The molecule has 7 heterocycles. The number of carbonyl (C=O) groups excluding carboxylic acids is 3. The van der Waals surface area contributed by atoms with Gasteiger partial charge in [-0.1, -0.05) is 47.5 Å². The van der Waals surface area contributed by atoms with Crippen LogP contribution in [0.25, 0.3) is 11.2 Å². The first-order chi connectivity index (χ1) is 42.4. The second-order valence-corrected chi connectivity index (χ2v) is 24.7. The van der Waals surface area contributed by atoms with Gasteiger partial charge in [0.1, 0.15) is 71.7 Å². The van der Waals surface area contributed by atoms with Crippen LogP contribution in [0.15, 0.2) is 103 Å². The molecule has 3 aromatic carbocycles. The average molecular weight is 1300 g/mol. The first-order valence-corrected chi connectivity index (χ1v) is 31.3. The highest BCUT2D eigenvalue weighted by molar-refractivity contribution is 7.56. The molecule has 0 spiro atoms. The predicted molar refractivity (Wildman–Crippen MR) is 307 cm³/mol. The third kappa shape index (κ3) is 14.4. The van der Waals surface area contributed by atoms with Crippen LogP contribution in [0.5, 0.6) is 17.2 Å². The number of anilines is 2. The molecule has 4 N–H and O–H groups in total. The van der Waals surface area contributed by atoms with Crippen LogP contribution in [0.1, 0.15) is 74.7 Å². The molecule has 468 valence electrons. The highest BCUT2D eigenvalue weighted by atomic mass is 35.5. The van der Waals surface area contributed by atoms with E-state index in [1.807, 2.05) is 6.07 Å². The van der Waals surface area contributed by atoms with E-state index in [-0.39, 0.29) is 88.2 Å². The quantitative estimate of drug-likeness (QED) is 0.0256. The van der Waals surface area contributed by atoms with Gasteiger partial charge in [0.2, 0.25) is 5.34 Å². The van der Waals surface area contributed by atoms with E-state index in [1.165, 1.54) is 91.9 Å². The Balaban J connectivity index is 1.09. The third-order valence-electron chi connectivity index (χ3n) is 14.2. The summed E-state index contributed by atoms with van der Waals surface area (Å²) in [6.45, 7) is -0.779. The Kier molecular flexibility index (Phi) is 20.6. The standard InChI is InChI=1S/C55H59Cl2N9O20P2/c1-32(67)16-21-42(68)77-29-40-55(71,48(83-44-15-8-26-76-44)53(81-40)65-24-22-41(64-54(65)70)63-51(69)33-17-19-34(74-2)20-18-33)87(72,84-37-12-5-3-10-35(37)56)79-28-39-46(86-88(73,78-27-9-23-58)85-38-13-6-4-11-36(38)57)47(82-43-14-7-25-75-43)52(80-39)66-31-62-45-49(59)60-30-61-50(45)66/h3-6,10-13,17-20,22,24,30-31,39-40,43-44,46-48,52-53,71H,7-9,14-16,21,25-29H2,1-2H3,(H2,59,60,61)(H,63,64,69,70)/t39-,40-,43?,44?,46-,47-,48+,52-,53-,55-,87?,88?/m1/s1. The number of hydrogen-bond donors (Lipinski definition) is 3. The van der Waals surface area contributed by atoms with Crippen molar-refractivity contribution in [1.82, 2.24) is 29.1 Å². The number of nitrogens with zero attached hydrogens (tertiary/aromatic N) is 7. The number of phosphoric ester groups is 1. The molecule has 88 heavy (non-hydrogen) atoms. The largest absolute Gasteiger partial charge is 0.530 e. The summed E-state index contributed by atoms with van der Waals surface area (Å²) in [5.41, 5.74) is 5.58. The van der Waals surface area contributed by atoms with E-state index in [0.29, 0.717) is 25.0 Å². The van der Waals surface area contributed by atoms with Gasteiger partial charge in [0, 0.05) is 44.2 Å². The van der Waals surface area contributed by atoms with E-state index >= 15 is 9.13 Å². The van der Waals surface area contributed by atoms with Crippen molar-refractivity contribution in [3.63, 3.8) is 0 Å². The molecule has 10 rings (SSSR count). The summed E-state index contributed by atoms with van der Waals surface area (Å²) in [6.07, 6.45) is -10.3. The molecule has 4 aliphatic heterocycles. The number of Topliss-reactive ketones (excluding diaryl/α,β-unsaturated/α-hetero) is 1. The number of nitrogens with one attached hydrogen (secondary N) is 1. The fourth-order valence-electron chi connectivity index (χ4n) is 9.87. The van der Waals surface area contributed by atoms with Crippen LogP contribution >= 0.6 is 38.6 Å². The number of phosphoric acid groups is 1. The maximum atomic E-state index is 17.0. The van der Waals surface area contributed by atoms with Gasteiger partial charge >= 0.3 is 27.1 Å². The molecule has 29 nitrogen and oxygen atoms in total. The fraction of sp³-hybridized carbons (Fsp3) is 0.436. The lowest BCUT2D eigenvalue weighted by molar-refractivity contribution is -0.191. The van der Waals surface area contributed by atoms with Crippen LogP contribution in [0.2, 0.25) is 10.0 Å². The van der Waals surface area contributed by atoms with Gasteiger partial charge in [-0.25, -0.2) is 28.9 Å². The lowest BCUT2D eigenvalue weighted by Crippen LogP contribution is -2.53. The SMILES string of the molecule is COc1ccc(C(=O)Nc2ccn([C@@H]3O[C@H](COC(=O)CCC(C)=O)[C@@](O)(P(=O)(OC[C@H]4O[C@@H](n5cnc6c(N)ncnc65)[C@H](OC5CCCO5)[C@@H]4OP(=O)(OCCC#N)Oc4ccccc4Cl)Oc4ccccc4Cl)[C@H]3OC3CCCO3)c(=O)n2)cc1. The fourth-order valence-corrected chi connectivity index (χ4v) is 13.9. The zero-order chi connectivity index (χ0) is 62.2. The second-order valence-electron chi connectivity index (χ2n) is 20.2. The van der Waals surface area contributed by atoms with Crippen molar-refractivity contribution < 1.29 is 89.1 Å². The lowest BCUT2D eigenvalue weighted by atomic mass is 10.1. The number of halogens is 2. The number of ketones is 1. The lowest BCUT2D eigenvalue weighted by Gasteiger charge is -2.39. The van der Waals surface area contributed by atoms with E-state index in [9.17, 15) is 29.5 Å². The molecule has 1 amide bonds. The molecular formula is C55H59Cl2N9O20P2. The number of esters is 1. The van der Waals surface area contributed by atoms with Crippen molar-refractivity contribution in [2.75, 3.05) is 51.2 Å². The maximum Gasteiger partial charge on any atom is 0.530 e. The molecule has 4 unspecified atom stereocenters. The first kappa shape index (κ1) is 64.0. The number of methoxy groups -OCH3 is 1. The van der Waals surface area contributed by atoms with Crippen LogP contribution in [-0.4, -0.2) is 140 Å². The summed E-state index contributed by atoms with van der Waals surface area (Å²) >= 11 is 13.3. The summed E-state index contributed by atoms with van der Waals surface area (Å²) in [5, 5.41) is 22.7. The molecule has 12 atom stereocenters. The van der Waals surface area contributed by atoms with Crippen LogP contribution in [0, 0.1) is 11.3 Å². The number of nitrogens with two attached hydrogens (primary N) is 1. The molecule has 3 aromatic heterocycles. The van der Waals surface area contributed by atoms with E-state index in [0.717, 1.165) is 10.8 Å². The van der Waals surface area contributed by atoms with Crippen molar-refractivity contribution in [3.8, 4) is 23.3 Å². The van der Waals surface area contributed by atoms with Gasteiger partial charge in [0.25, 0.3) is 5.91 Å². The average Bonchev–Trinajstić information content (AvgIpc) is 1.77. The Morgan fingerprint density at radius 1 is 0.852 bits per heavy atom. The summed E-state index contributed by atoms with van der Waals surface area (Å²) in [5.74, 6) is -2.21. The number of aromatic nitrogens is 6. The minimum Gasteiger partial charge on any atom is -0.497 e. The number of nitrogen functional groups attached to an aromatic ring is 1. The van der Waals surface area contributed by atoms with Crippen LogP contribution in [0.3, 0.4) is 0 Å². The Labute approximate surface area is 511 Å². The number of aliphatic hydroxyl groups is 1. The van der Waals surface area contributed by atoms with Gasteiger partial charge < -0.3 is 67.9 Å². The van der Waals surface area contributed by atoms with Crippen molar-refractivity contribution in [2.45, 2.75) is 113 Å². The smallest absolute Gasteiger partial charge is 0.497 e. The Morgan fingerprint density at radius 2 is 1.55 bits per heavy atom. The van der Waals surface area contributed by atoms with E-state index in [2.05, 4.69) is 25.3 Å². The number of carbonyl (C=O) groups is 3. The number of benzene rings is 3. The molecular weight excluding hydrogens is 1240 g/mol. The van der Waals surface area contributed by atoms with Crippen molar-refractivity contribution in [1.29, 1.82) is 5.26 Å². The summed E-state index contributed by atoms with van der Waals surface area (Å²) < 4.78 is 115. The highest BCUT2D eigenvalue weighted by Gasteiger charge is 2.71. The molecule has 4 fully saturated rings. The van der Waals surface area contributed by atoms with Crippen LogP contribution in [-0.2, 0) is 65.4 Å². The van der Waals surface area contributed by atoms with Crippen molar-refractivity contribution in [2.24, 2.45) is 0 Å². The number of rotatable bonds is 27. The first-order valence-electron chi connectivity index (χ1n) is 27.5. The van der Waals surface area contributed by atoms with Gasteiger partial charge in [0.15, 0.2) is 42.6 Å². The number of para-hydroxylation sites is 2. The van der Waals surface area contributed by atoms with Crippen molar-refractivity contribution in [3.05, 3.63) is 124 Å². The van der Waals surface area contributed by atoms with Crippen LogP contribution < -0.4 is 30.5 Å². The number of hydrogen-bond acceptors (Lipinski definition) is 26. The molecule has 4 aliphatic rings. The third-order valence-corrected chi connectivity index (χ3v) is 18.6. The number of nitriles is 1. The molecule has 0 aliphatic carbocycles. The van der Waals surface area contributed by atoms with Gasteiger partial charge in [-0.15, -0.1) is 0 Å². The van der Waals surface area contributed by atoms with Gasteiger partial charge in [-0.2, -0.15) is 10.2 Å². The zero-order valence-electron chi connectivity index (χ0n) is 47.0. The zero-order valence-corrected chi connectivity index (χ0v) is 50.3. The summed E-state index contributed by atoms with van der Waals surface area (Å²) in [4.78, 5) is 70.2. The van der Waals surface area contributed by atoms with Gasteiger partial charge in [-0.05, 0) is 74.4 Å². The summed E-state index contributed by atoms with van der Waals surface area (Å²) in [7, 11) is -9.33. The predicted octanol–water partition coefficient (Wildman–Crippen LogP) is 7.46. The Bertz CT molecular complexity index is 3680. The highest BCUT2D eigenvalue weighted by Crippen LogP contribution is 2.67. The molecule has 0 radical (unpaired) electrons. The molecule has 4 saturated heterocycles. The molecule has 33 heteroatoms. The van der Waals surface area contributed by atoms with Gasteiger partial charge in [0.05, 0.1) is 55.6 Å². The topological polar surface area (TPSA) is 366 Å². The van der Waals surface area contributed by atoms with E-state index < -0.39 is 120 Å². The summed E-state index contributed by atoms with van der Waals surface area (Å²) in [6, 6.07) is 20.9. The Morgan fingerprint density at radius 3 is 2.19 bits per heavy atom. The van der Waals surface area contributed by atoms with E-state index in [4.69, 9.17) is 89.4 Å². The van der Waals surface area contributed by atoms with Gasteiger partial charge in [-0.3, -0.25) is 32.3 Å². The number of imidazole rings is 1. The van der Waals surface area contributed by atoms with Crippen LogP contribution in [0.4, 0.5) is 11.6 Å². The Hall–Kier alpha value is -6.97. The number of fused-ring (bicyclic) bond motifs is 1. The minimum absolute atomic E-state index is 0.0121. The minimum atomic E-state index is -5.74. The second kappa shape index (κ2) is 28.2. The molecule has 6 aromatic rings. The monoisotopic (exact) mass is 1300 g/mol. The molecule has 0 saturated carbocycles. The molecule has 0 bridgehead atoms. The van der Waals surface area contributed by atoms with E-state index in [1.54, 1.807) is 18.2 Å². The van der Waals surface area contributed by atoms with Crippen molar-refractivity contribution >= 4 is 79.1 Å². The normalized spacial score (nSPS) is 25.6. The number of ether oxygens (including phenoxy) is 8. The maximum absolute atomic E-state index is 17.0. The number of amides is 1.